The molecule has 1 unspecified atom stereocenters. The van der Waals surface area contributed by atoms with E-state index in [0.29, 0.717) is 32.0 Å². The maximum absolute atomic E-state index is 11.5. The van der Waals surface area contributed by atoms with Crippen molar-refractivity contribution in [3.05, 3.63) is 22.8 Å². The number of halogens is 1. The highest BCUT2D eigenvalue weighted by Gasteiger charge is 2.35. The molecule has 2 aliphatic heterocycles. The highest BCUT2D eigenvalue weighted by Crippen LogP contribution is 2.23. The van der Waals surface area contributed by atoms with Gasteiger partial charge in [-0.15, -0.1) is 0 Å². The van der Waals surface area contributed by atoms with Gasteiger partial charge >= 0.3 is 12.0 Å². The molecule has 2 N–H and O–H groups in total. The van der Waals surface area contributed by atoms with Crippen LogP contribution >= 0.6 is 11.6 Å². The van der Waals surface area contributed by atoms with Gasteiger partial charge in [-0.3, -0.25) is 0 Å². The average molecular weight is 297 g/mol. The van der Waals surface area contributed by atoms with E-state index in [1.54, 1.807) is 11.0 Å². The van der Waals surface area contributed by atoms with Crippen LogP contribution in [0, 0.1) is 0 Å². The first-order chi connectivity index (χ1) is 9.56. The summed E-state index contributed by atoms with van der Waals surface area (Å²) in [5.41, 5.74) is -0.146. The topological polar surface area (TPSA) is 85.8 Å². The van der Waals surface area contributed by atoms with Crippen molar-refractivity contribution in [3.8, 4) is 0 Å². The predicted octanol–water partition coefficient (Wildman–Crippen LogP) is 0.647. The fourth-order valence-electron chi connectivity index (χ4n) is 2.57. The van der Waals surface area contributed by atoms with Crippen LogP contribution in [0.15, 0.2) is 12.1 Å². The number of hydrogen-bond donors (Lipinski definition) is 2. The molecule has 0 aliphatic carbocycles. The van der Waals surface area contributed by atoms with Crippen LogP contribution in [0.5, 0.6) is 0 Å². The minimum Gasteiger partial charge on any atom is -0.476 e. The third-order valence-electron chi connectivity index (χ3n) is 3.59. The first-order valence-electron chi connectivity index (χ1n) is 6.25. The number of fused-ring (bicyclic) bond motifs is 1. The van der Waals surface area contributed by atoms with Crippen LogP contribution in [-0.2, 0) is 0 Å². The molecule has 2 amide bonds. The molecule has 0 aromatic carbocycles. The molecule has 2 fully saturated rings. The highest BCUT2D eigenvalue weighted by molar-refractivity contribution is 6.33. The molecule has 1 aromatic heterocycles. The van der Waals surface area contributed by atoms with E-state index in [4.69, 9.17) is 16.7 Å². The number of carbonyl (C=O) groups is 2. The number of nitrogens with zero attached hydrogens (tertiary/aromatic N) is 3. The number of urea groups is 1. The summed E-state index contributed by atoms with van der Waals surface area (Å²) in [7, 11) is 0. The second-order valence-corrected chi connectivity index (χ2v) is 5.19. The zero-order valence-corrected chi connectivity index (χ0v) is 11.3. The van der Waals surface area contributed by atoms with E-state index >= 15 is 0 Å². The van der Waals surface area contributed by atoms with E-state index < -0.39 is 5.97 Å². The molecule has 2 aliphatic rings. The molecule has 0 spiro atoms. The number of piperazine rings is 1. The van der Waals surface area contributed by atoms with Crippen LogP contribution in [0.1, 0.15) is 10.5 Å². The second-order valence-electron chi connectivity index (χ2n) is 4.78. The summed E-state index contributed by atoms with van der Waals surface area (Å²) >= 11 is 5.81. The van der Waals surface area contributed by atoms with Gasteiger partial charge in [0.15, 0.2) is 5.69 Å². The van der Waals surface area contributed by atoms with Crippen molar-refractivity contribution in [1.29, 1.82) is 0 Å². The van der Waals surface area contributed by atoms with Crippen molar-refractivity contribution in [1.82, 2.24) is 15.2 Å². The van der Waals surface area contributed by atoms with Crippen molar-refractivity contribution in [3.63, 3.8) is 0 Å². The minimum atomic E-state index is -1.15. The average Bonchev–Trinajstić information content (AvgIpc) is 2.80. The maximum atomic E-state index is 11.5. The Balaban J connectivity index is 1.82. The third kappa shape index (κ3) is 2.14. The Morgan fingerprint density at radius 3 is 3.00 bits per heavy atom. The van der Waals surface area contributed by atoms with E-state index in [0.717, 1.165) is 0 Å². The Labute approximate surface area is 120 Å². The van der Waals surface area contributed by atoms with E-state index in [9.17, 15) is 9.59 Å². The van der Waals surface area contributed by atoms with Crippen molar-refractivity contribution < 1.29 is 14.7 Å². The molecule has 0 radical (unpaired) electrons. The van der Waals surface area contributed by atoms with Gasteiger partial charge in [-0.05, 0) is 12.1 Å². The Morgan fingerprint density at radius 1 is 1.45 bits per heavy atom. The second kappa shape index (κ2) is 4.82. The summed E-state index contributed by atoms with van der Waals surface area (Å²) in [5.74, 6) is -0.570. The van der Waals surface area contributed by atoms with Crippen molar-refractivity contribution in [2.24, 2.45) is 0 Å². The van der Waals surface area contributed by atoms with Crippen molar-refractivity contribution in [2.75, 3.05) is 31.1 Å². The lowest BCUT2D eigenvalue weighted by Crippen LogP contribution is -2.52. The molecule has 1 aromatic rings. The number of rotatable bonds is 2. The van der Waals surface area contributed by atoms with Crippen LogP contribution in [0.4, 0.5) is 10.6 Å². The molecule has 8 heteroatoms. The number of nitrogens with one attached hydrogen (secondary N) is 1. The summed E-state index contributed by atoms with van der Waals surface area (Å²) in [6.45, 7) is 2.46. The summed E-state index contributed by atoms with van der Waals surface area (Å²) in [4.78, 5) is 30.5. The lowest BCUT2D eigenvalue weighted by Gasteiger charge is -2.37. The molecular formula is C12H13ClN4O3. The smallest absolute Gasteiger partial charge is 0.356 e. The molecule has 0 bridgehead atoms. The molecule has 20 heavy (non-hydrogen) atoms. The van der Waals surface area contributed by atoms with Gasteiger partial charge in [0.1, 0.15) is 5.82 Å². The molecule has 1 atom stereocenters. The van der Waals surface area contributed by atoms with E-state index in [1.165, 1.54) is 6.07 Å². The Bertz CT molecular complexity index is 580. The highest BCUT2D eigenvalue weighted by atomic mass is 35.5. The zero-order valence-electron chi connectivity index (χ0n) is 10.5. The first kappa shape index (κ1) is 13.0. The fourth-order valence-corrected chi connectivity index (χ4v) is 2.76. The predicted molar refractivity (Wildman–Crippen MR) is 72.3 cm³/mol. The Hall–Kier alpha value is -2.02. The summed E-state index contributed by atoms with van der Waals surface area (Å²) in [6, 6.07) is 3.30. The molecular weight excluding hydrogens is 284 g/mol. The van der Waals surface area contributed by atoms with Crippen molar-refractivity contribution >= 4 is 29.4 Å². The van der Waals surface area contributed by atoms with Crippen LogP contribution in [-0.4, -0.2) is 59.2 Å². The Morgan fingerprint density at radius 2 is 2.25 bits per heavy atom. The van der Waals surface area contributed by atoms with Crippen LogP contribution in [0.3, 0.4) is 0 Å². The monoisotopic (exact) mass is 296 g/mol. The number of carboxylic acids is 1. The molecule has 2 saturated heterocycles. The quantitative estimate of drug-likeness (QED) is 0.837. The lowest BCUT2D eigenvalue weighted by molar-refractivity contribution is 0.0691. The summed E-state index contributed by atoms with van der Waals surface area (Å²) in [5, 5.41) is 12.0. The number of carboxylic acid groups (broad SMARTS) is 1. The number of hydrogen-bond acceptors (Lipinski definition) is 4. The largest absolute Gasteiger partial charge is 0.476 e. The SMILES string of the molecule is O=C(O)c1nc(N2CCN3C(=O)NCC3C2)ccc1Cl. The number of aromatic carboxylic acids is 1. The number of amides is 2. The molecule has 0 saturated carbocycles. The normalized spacial score (nSPS) is 21.6. The number of aromatic nitrogens is 1. The zero-order chi connectivity index (χ0) is 14.3. The van der Waals surface area contributed by atoms with Gasteiger partial charge in [-0.25, -0.2) is 14.6 Å². The van der Waals surface area contributed by atoms with Gasteiger partial charge in [0, 0.05) is 26.2 Å². The van der Waals surface area contributed by atoms with Gasteiger partial charge in [0.25, 0.3) is 0 Å². The van der Waals surface area contributed by atoms with E-state index in [2.05, 4.69) is 10.3 Å². The third-order valence-corrected chi connectivity index (χ3v) is 3.90. The summed E-state index contributed by atoms with van der Waals surface area (Å²) < 4.78 is 0. The lowest BCUT2D eigenvalue weighted by atomic mass is 10.2. The van der Waals surface area contributed by atoms with Gasteiger partial charge in [0.05, 0.1) is 11.1 Å². The molecule has 3 heterocycles. The van der Waals surface area contributed by atoms with Crippen molar-refractivity contribution in [2.45, 2.75) is 6.04 Å². The molecule has 3 rings (SSSR count). The standard InChI is InChI=1S/C12H13ClN4O3/c13-8-1-2-9(15-10(8)11(18)19)16-3-4-17-7(6-16)5-14-12(17)20/h1-2,7H,3-6H2,(H,14,20)(H,18,19). The van der Waals surface area contributed by atoms with Gasteiger partial charge in [-0.1, -0.05) is 11.6 Å². The summed E-state index contributed by atoms with van der Waals surface area (Å²) in [6.07, 6.45) is 0. The van der Waals surface area contributed by atoms with Gasteiger partial charge in [-0.2, -0.15) is 0 Å². The first-order valence-corrected chi connectivity index (χ1v) is 6.63. The number of anilines is 1. The number of carbonyl (C=O) groups excluding carboxylic acids is 1. The number of pyridine rings is 1. The Kier molecular flexibility index (Phi) is 3.13. The molecule has 7 nitrogen and oxygen atoms in total. The molecule has 106 valence electrons. The van der Waals surface area contributed by atoms with Gasteiger partial charge in [0.2, 0.25) is 0 Å². The van der Waals surface area contributed by atoms with Gasteiger partial charge < -0.3 is 20.2 Å². The van der Waals surface area contributed by atoms with Crippen LogP contribution in [0.2, 0.25) is 5.02 Å². The van der Waals surface area contributed by atoms with Crippen LogP contribution in [0.25, 0.3) is 0 Å². The van der Waals surface area contributed by atoms with Crippen LogP contribution < -0.4 is 10.2 Å². The maximum Gasteiger partial charge on any atom is 0.356 e. The minimum absolute atomic E-state index is 0.0371. The fraction of sp³-hybridized carbons (Fsp3) is 0.417. The van der Waals surface area contributed by atoms with E-state index in [-0.39, 0.29) is 22.8 Å². The van der Waals surface area contributed by atoms with E-state index in [1.807, 2.05) is 4.90 Å².